The first-order chi connectivity index (χ1) is 7.34. The van der Waals surface area contributed by atoms with Gasteiger partial charge in [0.1, 0.15) is 0 Å². The third-order valence-electron chi connectivity index (χ3n) is 2.25. The van der Waals surface area contributed by atoms with Crippen molar-refractivity contribution in [3.8, 4) is 0 Å². The van der Waals surface area contributed by atoms with Crippen molar-refractivity contribution in [2.75, 3.05) is 19.8 Å². The molecule has 0 saturated heterocycles. The van der Waals surface area contributed by atoms with Gasteiger partial charge in [-0.1, -0.05) is 0 Å². The molecule has 1 heterocycles. The van der Waals surface area contributed by atoms with Crippen LogP contribution in [0.2, 0.25) is 0 Å². The standard InChI is InChI=1S/C11H20N2OS/c1-3-14-7-5-4-6-13-10(2)11-8-12-9-15-11/h8-10,13H,3-7H2,1-2H3. The van der Waals surface area contributed by atoms with Crippen LogP contribution in [0.1, 0.15) is 37.6 Å². The van der Waals surface area contributed by atoms with Crippen molar-refractivity contribution < 1.29 is 4.74 Å². The van der Waals surface area contributed by atoms with Crippen LogP contribution in [0.15, 0.2) is 11.7 Å². The number of thiazole rings is 1. The smallest absolute Gasteiger partial charge is 0.0794 e. The Morgan fingerprint density at radius 1 is 1.53 bits per heavy atom. The third-order valence-corrected chi connectivity index (χ3v) is 3.21. The molecule has 0 fully saturated rings. The molecule has 1 N–H and O–H groups in total. The van der Waals surface area contributed by atoms with E-state index in [-0.39, 0.29) is 0 Å². The Hall–Kier alpha value is -0.450. The topological polar surface area (TPSA) is 34.1 Å². The highest BCUT2D eigenvalue weighted by molar-refractivity contribution is 7.09. The van der Waals surface area contributed by atoms with Crippen molar-refractivity contribution >= 4 is 11.3 Å². The lowest BCUT2D eigenvalue weighted by Crippen LogP contribution is -2.19. The van der Waals surface area contributed by atoms with Crippen LogP contribution in [0, 0.1) is 0 Å². The first-order valence-electron chi connectivity index (χ1n) is 5.54. The Kier molecular flexibility index (Phi) is 6.55. The average molecular weight is 228 g/mol. The van der Waals surface area contributed by atoms with E-state index in [2.05, 4.69) is 17.2 Å². The van der Waals surface area contributed by atoms with Gasteiger partial charge in [0.05, 0.1) is 5.51 Å². The van der Waals surface area contributed by atoms with Gasteiger partial charge in [-0.05, 0) is 33.2 Å². The fourth-order valence-electron chi connectivity index (χ4n) is 1.33. The van der Waals surface area contributed by atoms with Gasteiger partial charge in [0.2, 0.25) is 0 Å². The van der Waals surface area contributed by atoms with Crippen LogP contribution in [0.5, 0.6) is 0 Å². The van der Waals surface area contributed by atoms with Crippen LogP contribution in [-0.2, 0) is 4.74 Å². The van der Waals surface area contributed by atoms with Crippen molar-refractivity contribution in [1.29, 1.82) is 0 Å². The number of aromatic nitrogens is 1. The summed E-state index contributed by atoms with van der Waals surface area (Å²) < 4.78 is 5.28. The van der Waals surface area contributed by atoms with Gasteiger partial charge in [0, 0.05) is 30.3 Å². The van der Waals surface area contributed by atoms with Gasteiger partial charge < -0.3 is 10.1 Å². The van der Waals surface area contributed by atoms with Crippen molar-refractivity contribution in [1.82, 2.24) is 10.3 Å². The quantitative estimate of drug-likeness (QED) is 0.694. The SMILES string of the molecule is CCOCCCCNC(C)c1cncs1. The molecule has 1 unspecified atom stereocenters. The molecule has 4 heteroatoms. The fourth-order valence-corrected chi connectivity index (χ4v) is 1.98. The molecule has 1 aromatic rings. The molecule has 0 aromatic carbocycles. The van der Waals surface area contributed by atoms with Crippen molar-refractivity contribution in [2.24, 2.45) is 0 Å². The van der Waals surface area contributed by atoms with Crippen molar-refractivity contribution in [2.45, 2.75) is 32.7 Å². The highest BCUT2D eigenvalue weighted by Crippen LogP contribution is 2.15. The van der Waals surface area contributed by atoms with E-state index in [0.29, 0.717) is 6.04 Å². The molecule has 0 bridgehead atoms. The lowest BCUT2D eigenvalue weighted by atomic mass is 10.2. The second kappa shape index (κ2) is 7.79. The third kappa shape index (κ3) is 5.25. The molecule has 0 aliphatic rings. The lowest BCUT2D eigenvalue weighted by Gasteiger charge is -2.11. The van der Waals surface area contributed by atoms with E-state index in [1.807, 2.05) is 18.6 Å². The number of unbranched alkanes of at least 4 members (excludes halogenated alkanes) is 1. The minimum atomic E-state index is 0.421. The predicted molar refractivity (Wildman–Crippen MR) is 64.3 cm³/mol. The molecule has 0 aliphatic heterocycles. The second-order valence-corrected chi connectivity index (χ2v) is 4.40. The highest BCUT2D eigenvalue weighted by Gasteiger charge is 2.04. The van der Waals surface area contributed by atoms with Crippen molar-refractivity contribution in [3.05, 3.63) is 16.6 Å². The van der Waals surface area contributed by atoms with Gasteiger partial charge in [-0.3, -0.25) is 4.98 Å². The van der Waals surface area contributed by atoms with E-state index >= 15 is 0 Å². The summed E-state index contributed by atoms with van der Waals surface area (Å²) in [5.74, 6) is 0. The Morgan fingerprint density at radius 3 is 3.07 bits per heavy atom. The number of nitrogens with one attached hydrogen (secondary N) is 1. The van der Waals surface area contributed by atoms with Gasteiger partial charge in [-0.25, -0.2) is 0 Å². The molecule has 1 atom stereocenters. The first kappa shape index (κ1) is 12.6. The minimum absolute atomic E-state index is 0.421. The zero-order valence-electron chi connectivity index (χ0n) is 9.53. The van der Waals surface area contributed by atoms with Crippen LogP contribution >= 0.6 is 11.3 Å². The van der Waals surface area contributed by atoms with Crippen LogP contribution in [0.4, 0.5) is 0 Å². The molecule has 86 valence electrons. The molecular weight excluding hydrogens is 208 g/mol. The molecule has 0 spiro atoms. The summed E-state index contributed by atoms with van der Waals surface area (Å²) in [6.45, 7) is 6.96. The van der Waals surface area contributed by atoms with Crippen LogP contribution in [0.3, 0.4) is 0 Å². The normalized spacial score (nSPS) is 12.9. The van der Waals surface area contributed by atoms with Gasteiger partial charge in [0.15, 0.2) is 0 Å². The average Bonchev–Trinajstić information content (AvgIpc) is 2.76. The summed E-state index contributed by atoms with van der Waals surface area (Å²) in [5, 5.41) is 3.48. The van der Waals surface area contributed by atoms with Crippen LogP contribution in [0.25, 0.3) is 0 Å². The fraction of sp³-hybridized carbons (Fsp3) is 0.727. The van der Waals surface area contributed by atoms with Crippen LogP contribution < -0.4 is 5.32 Å². The van der Waals surface area contributed by atoms with Gasteiger partial charge in [-0.15, -0.1) is 11.3 Å². The van der Waals surface area contributed by atoms with E-state index in [0.717, 1.165) is 26.2 Å². The first-order valence-corrected chi connectivity index (χ1v) is 6.42. The maximum atomic E-state index is 5.28. The molecule has 0 radical (unpaired) electrons. The molecule has 0 aliphatic carbocycles. The zero-order valence-corrected chi connectivity index (χ0v) is 10.3. The summed E-state index contributed by atoms with van der Waals surface area (Å²) in [6.07, 6.45) is 4.24. The van der Waals surface area contributed by atoms with E-state index in [4.69, 9.17) is 4.74 Å². The summed E-state index contributed by atoms with van der Waals surface area (Å²) in [5.41, 5.74) is 1.88. The molecule has 0 amide bonds. The summed E-state index contributed by atoms with van der Waals surface area (Å²) in [7, 11) is 0. The highest BCUT2D eigenvalue weighted by atomic mass is 32.1. The van der Waals surface area contributed by atoms with E-state index in [1.165, 1.54) is 11.3 Å². The van der Waals surface area contributed by atoms with Crippen molar-refractivity contribution in [3.63, 3.8) is 0 Å². The Labute approximate surface area is 95.9 Å². The Morgan fingerprint density at radius 2 is 2.40 bits per heavy atom. The monoisotopic (exact) mass is 228 g/mol. The molecule has 0 saturated carbocycles. The second-order valence-electron chi connectivity index (χ2n) is 3.48. The van der Waals surface area contributed by atoms with E-state index < -0.39 is 0 Å². The Balaban J connectivity index is 2.00. The summed E-state index contributed by atoms with van der Waals surface area (Å²) >= 11 is 1.70. The summed E-state index contributed by atoms with van der Waals surface area (Å²) in [6, 6.07) is 0.421. The molecule has 15 heavy (non-hydrogen) atoms. The molecule has 1 aromatic heterocycles. The van der Waals surface area contributed by atoms with Gasteiger partial charge >= 0.3 is 0 Å². The van der Waals surface area contributed by atoms with Crippen LogP contribution in [-0.4, -0.2) is 24.7 Å². The number of rotatable bonds is 8. The summed E-state index contributed by atoms with van der Waals surface area (Å²) in [4.78, 5) is 5.38. The lowest BCUT2D eigenvalue weighted by molar-refractivity contribution is 0.143. The Bertz CT molecular complexity index is 239. The van der Waals surface area contributed by atoms with E-state index in [1.54, 1.807) is 11.3 Å². The maximum Gasteiger partial charge on any atom is 0.0794 e. The molecule has 3 nitrogen and oxygen atoms in total. The number of ether oxygens (including phenoxy) is 1. The molecular formula is C11H20N2OS. The number of nitrogens with zero attached hydrogens (tertiary/aromatic N) is 1. The van der Waals surface area contributed by atoms with Gasteiger partial charge in [-0.2, -0.15) is 0 Å². The largest absolute Gasteiger partial charge is 0.382 e. The predicted octanol–water partition coefficient (Wildman–Crippen LogP) is 2.61. The van der Waals surface area contributed by atoms with E-state index in [9.17, 15) is 0 Å². The number of hydrogen-bond donors (Lipinski definition) is 1. The minimum Gasteiger partial charge on any atom is -0.382 e. The zero-order chi connectivity index (χ0) is 10.9. The van der Waals surface area contributed by atoms with Gasteiger partial charge in [0.25, 0.3) is 0 Å². The molecule has 1 rings (SSSR count). The number of hydrogen-bond acceptors (Lipinski definition) is 4. The maximum absolute atomic E-state index is 5.28.